The highest BCUT2D eigenvalue weighted by molar-refractivity contribution is 5.84. The largest absolute Gasteiger partial charge is 0.379 e. The van der Waals surface area contributed by atoms with Crippen LogP contribution in [0.2, 0.25) is 0 Å². The Hall–Kier alpha value is -1.42. The molecule has 0 aromatic heterocycles. The van der Waals surface area contributed by atoms with Crippen molar-refractivity contribution in [3.05, 3.63) is 0 Å². The average molecular weight is 386 g/mol. The molecule has 2 aliphatic rings. The lowest BCUT2D eigenvalue weighted by Gasteiger charge is -2.26. The van der Waals surface area contributed by atoms with Crippen LogP contribution >= 0.6 is 0 Å². The van der Waals surface area contributed by atoms with Crippen molar-refractivity contribution in [2.45, 2.75) is 25.6 Å². The zero-order chi connectivity index (χ0) is 19.5. The number of carbonyl (C=O) groups excluding carboxylic acids is 1. The number of amides is 1. The number of morpholine rings is 1. The summed E-state index contributed by atoms with van der Waals surface area (Å²) in [5.74, 6) is 0.0843. The number of hydrogen-bond donors (Lipinski definition) is 2. The number of aliphatic imine (C=N–C) groups is 1. The maximum Gasteiger partial charge on any atom is 0.243 e. The van der Waals surface area contributed by atoms with E-state index in [9.17, 15) is 4.79 Å². The highest BCUT2D eigenvalue weighted by Crippen LogP contribution is 2.21. The summed E-state index contributed by atoms with van der Waals surface area (Å²) in [6.07, 6.45) is 1.72. The Balaban J connectivity index is 1.73. The van der Waals surface area contributed by atoms with E-state index in [2.05, 4.69) is 20.5 Å². The Kier molecular flexibility index (Phi) is 9.26. The van der Waals surface area contributed by atoms with Gasteiger partial charge in [-0.05, 0) is 19.9 Å². The Morgan fingerprint density at radius 2 is 1.78 bits per heavy atom. The van der Waals surface area contributed by atoms with Crippen LogP contribution in [-0.4, -0.2) is 107 Å². The van der Waals surface area contributed by atoms with Crippen LogP contribution in [0.15, 0.2) is 4.99 Å². The summed E-state index contributed by atoms with van der Waals surface area (Å²) in [7, 11) is 3.46. The SMILES string of the molecule is CN(C)C(=O)CN=C(NCCCN1CCOCC1)NCCC1(C)OCCO1. The monoisotopic (exact) mass is 385 g/mol. The molecule has 0 atom stereocenters. The van der Waals surface area contributed by atoms with Gasteiger partial charge in [0, 0.05) is 46.7 Å². The molecule has 9 heteroatoms. The standard InChI is InChI=1S/C18H35N5O4/c1-18(26-13-14-27-18)5-7-20-17(21-15-16(24)22(2)3)19-6-4-8-23-9-11-25-12-10-23/h4-15H2,1-3H3,(H2,19,20,21). The molecule has 2 heterocycles. The molecular formula is C18H35N5O4. The Morgan fingerprint density at radius 3 is 2.44 bits per heavy atom. The van der Waals surface area contributed by atoms with Gasteiger partial charge in [-0.1, -0.05) is 0 Å². The lowest BCUT2D eigenvalue weighted by Crippen LogP contribution is -2.43. The minimum Gasteiger partial charge on any atom is -0.379 e. The van der Waals surface area contributed by atoms with Gasteiger partial charge >= 0.3 is 0 Å². The van der Waals surface area contributed by atoms with Crippen LogP contribution in [0.25, 0.3) is 0 Å². The van der Waals surface area contributed by atoms with Gasteiger partial charge in [-0.3, -0.25) is 9.69 Å². The summed E-state index contributed by atoms with van der Waals surface area (Å²) in [4.78, 5) is 20.2. The summed E-state index contributed by atoms with van der Waals surface area (Å²) in [6, 6.07) is 0. The van der Waals surface area contributed by atoms with Crippen molar-refractivity contribution in [1.82, 2.24) is 20.4 Å². The van der Waals surface area contributed by atoms with Crippen molar-refractivity contribution in [3.8, 4) is 0 Å². The molecule has 2 saturated heterocycles. The molecule has 9 nitrogen and oxygen atoms in total. The second-order valence-corrected chi connectivity index (χ2v) is 7.19. The van der Waals surface area contributed by atoms with E-state index < -0.39 is 5.79 Å². The Morgan fingerprint density at radius 1 is 1.11 bits per heavy atom. The van der Waals surface area contributed by atoms with Gasteiger partial charge in [-0.25, -0.2) is 4.99 Å². The fourth-order valence-corrected chi connectivity index (χ4v) is 2.91. The first kappa shape index (κ1) is 21.9. The lowest BCUT2D eigenvalue weighted by molar-refractivity contribution is -0.145. The zero-order valence-electron chi connectivity index (χ0n) is 17.0. The van der Waals surface area contributed by atoms with Gasteiger partial charge in [-0.2, -0.15) is 0 Å². The van der Waals surface area contributed by atoms with Crippen LogP contribution in [0.5, 0.6) is 0 Å². The Labute approximate surface area is 162 Å². The van der Waals surface area contributed by atoms with E-state index in [1.165, 1.54) is 0 Å². The van der Waals surface area contributed by atoms with Crippen molar-refractivity contribution >= 4 is 11.9 Å². The van der Waals surface area contributed by atoms with E-state index in [1.807, 2.05) is 6.92 Å². The van der Waals surface area contributed by atoms with E-state index in [4.69, 9.17) is 14.2 Å². The molecule has 0 unspecified atom stereocenters. The number of rotatable bonds is 9. The molecule has 0 aromatic rings. The number of guanidine groups is 1. The summed E-state index contributed by atoms with van der Waals surface area (Å²) in [5.41, 5.74) is 0. The number of nitrogens with zero attached hydrogens (tertiary/aromatic N) is 3. The third-order valence-corrected chi connectivity index (χ3v) is 4.69. The highest BCUT2D eigenvalue weighted by Gasteiger charge is 2.30. The summed E-state index contributed by atoms with van der Waals surface area (Å²) >= 11 is 0. The lowest BCUT2D eigenvalue weighted by atomic mass is 10.2. The van der Waals surface area contributed by atoms with Gasteiger partial charge in [0.15, 0.2) is 11.7 Å². The first-order valence-corrected chi connectivity index (χ1v) is 9.79. The fraction of sp³-hybridized carbons (Fsp3) is 0.889. The van der Waals surface area contributed by atoms with Crippen LogP contribution in [0.1, 0.15) is 19.8 Å². The van der Waals surface area contributed by atoms with Crippen LogP contribution in [0.4, 0.5) is 0 Å². The fourth-order valence-electron chi connectivity index (χ4n) is 2.91. The van der Waals surface area contributed by atoms with E-state index in [-0.39, 0.29) is 12.5 Å². The van der Waals surface area contributed by atoms with E-state index in [0.717, 1.165) is 45.8 Å². The second-order valence-electron chi connectivity index (χ2n) is 7.19. The van der Waals surface area contributed by atoms with Crippen LogP contribution in [0, 0.1) is 0 Å². The number of hydrogen-bond acceptors (Lipinski definition) is 6. The van der Waals surface area contributed by atoms with Crippen molar-refractivity contribution in [3.63, 3.8) is 0 Å². The molecular weight excluding hydrogens is 350 g/mol. The first-order chi connectivity index (χ1) is 13.0. The summed E-state index contributed by atoms with van der Waals surface area (Å²) < 4.78 is 16.6. The van der Waals surface area contributed by atoms with E-state index >= 15 is 0 Å². The van der Waals surface area contributed by atoms with Gasteiger partial charge in [-0.15, -0.1) is 0 Å². The molecule has 2 rings (SSSR count). The third kappa shape index (κ3) is 8.42. The van der Waals surface area contributed by atoms with Gasteiger partial charge in [0.1, 0.15) is 6.54 Å². The predicted octanol–water partition coefficient (Wildman–Crippen LogP) is -0.515. The maximum atomic E-state index is 11.8. The predicted molar refractivity (Wildman–Crippen MR) is 104 cm³/mol. The number of likely N-dealkylation sites (N-methyl/N-ethyl adjacent to an activating group) is 1. The van der Waals surface area contributed by atoms with E-state index in [1.54, 1.807) is 19.0 Å². The van der Waals surface area contributed by atoms with E-state index in [0.29, 0.717) is 32.1 Å². The average Bonchev–Trinajstić information content (AvgIpc) is 3.09. The molecule has 2 fully saturated rings. The molecule has 0 radical (unpaired) electrons. The summed E-state index contributed by atoms with van der Waals surface area (Å²) in [6.45, 7) is 9.44. The first-order valence-electron chi connectivity index (χ1n) is 9.79. The molecule has 156 valence electrons. The molecule has 27 heavy (non-hydrogen) atoms. The molecule has 2 aliphatic heterocycles. The smallest absolute Gasteiger partial charge is 0.243 e. The molecule has 0 spiro atoms. The normalized spacial score (nSPS) is 20.5. The topological polar surface area (TPSA) is 87.7 Å². The molecule has 0 aromatic carbocycles. The number of carbonyl (C=O) groups is 1. The molecule has 0 aliphatic carbocycles. The number of nitrogens with one attached hydrogen (secondary N) is 2. The quantitative estimate of drug-likeness (QED) is 0.314. The van der Waals surface area contributed by atoms with Crippen LogP contribution < -0.4 is 10.6 Å². The van der Waals surface area contributed by atoms with Crippen molar-refractivity contribution in [1.29, 1.82) is 0 Å². The molecule has 0 saturated carbocycles. The zero-order valence-corrected chi connectivity index (χ0v) is 17.0. The van der Waals surface area contributed by atoms with Gasteiger partial charge < -0.3 is 29.7 Å². The molecule has 1 amide bonds. The van der Waals surface area contributed by atoms with Gasteiger partial charge in [0.25, 0.3) is 0 Å². The Bertz CT molecular complexity index is 474. The summed E-state index contributed by atoms with van der Waals surface area (Å²) in [5, 5.41) is 6.60. The molecule has 2 N–H and O–H groups in total. The molecule has 0 bridgehead atoms. The minimum absolute atomic E-state index is 0.0289. The van der Waals surface area contributed by atoms with Crippen molar-refractivity contribution in [2.75, 3.05) is 79.8 Å². The van der Waals surface area contributed by atoms with Crippen molar-refractivity contribution < 1.29 is 19.0 Å². The maximum absolute atomic E-state index is 11.8. The highest BCUT2D eigenvalue weighted by atomic mass is 16.7. The third-order valence-electron chi connectivity index (χ3n) is 4.69. The van der Waals surface area contributed by atoms with Gasteiger partial charge in [0.2, 0.25) is 5.91 Å². The van der Waals surface area contributed by atoms with Crippen LogP contribution in [0.3, 0.4) is 0 Å². The van der Waals surface area contributed by atoms with Crippen molar-refractivity contribution in [2.24, 2.45) is 4.99 Å². The second kappa shape index (κ2) is 11.4. The van der Waals surface area contributed by atoms with Crippen LogP contribution in [-0.2, 0) is 19.0 Å². The number of ether oxygens (including phenoxy) is 3. The minimum atomic E-state index is -0.534. The van der Waals surface area contributed by atoms with Gasteiger partial charge in [0.05, 0.1) is 26.4 Å².